The zero-order chi connectivity index (χ0) is 15.7. The van der Waals surface area contributed by atoms with Crippen molar-refractivity contribution < 1.29 is 16.8 Å². The molecule has 0 aliphatic heterocycles. The number of anilines is 1. The normalized spacial score (nSPS) is 17.0. The molecule has 1 aliphatic rings. The van der Waals surface area contributed by atoms with Crippen LogP contribution in [0.15, 0.2) is 28.0 Å². The molecule has 0 bridgehead atoms. The van der Waals surface area contributed by atoms with Crippen LogP contribution in [0, 0.1) is 0 Å². The summed E-state index contributed by atoms with van der Waals surface area (Å²) in [4.78, 5) is 0.0373. The molecule has 0 saturated heterocycles. The second-order valence-electron chi connectivity index (χ2n) is 5.33. The van der Waals surface area contributed by atoms with Gasteiger partial charge < -0.3 is 4.72 Å². The SMILES string of the molecule is CS(=O)(=O)c1ccc(NSC2CCCC2)c(S(C)(=O)=O)c1. The molecule has 0 unspecified atom stereocenters. The van der Waals surface area contributed by atoms with Crippen LogP contribution in [0.2, 0.25) is 0 Å². The number of rotatable bonds is 5. The minimum absolute atomic E-state index is 0.0133. The molecule has 1 fully saturated rings. The number of hydrogen-bond acceptors (Lipinski definition) is 6. The maximum absolute atomic E-state index is 11.9. The van der Waals surface area contributed by atoms with E-state index in [9.17, 15) is 16.8 Å². The Morgan fingerprint density at radius 1 is 1.05 bits per heavy atom. The number of nitrogens with one attached hydrogen (secondary N) is 1. The van der Waals surface area contributed by atoms with E-state index in [1.807, 2.05) is 0 Å². The van der Waals surface area contributed by atoms with Crippen LogP contribution < -0.4 is 4.72 Å². The van der Waals surface area contributed by atoms with E-state index in [0.717, 1.165) is 25.4 Å². The predicted molar refractivity (Wildman–Crippen MR) is 86.1 cm³/mol. The Bertz CT molecular complexity index is 720. The quantitative estimate of drug-likeness (QED) is 0.823. The highest BCUT2D eigenvalue weighted by atomic mass is 32.2. The third-order valence-electron chi connectivity index (χ3n) is 3.42. The van der Waals surface area contributed by atoms with Crippen molar-refractivity contribution in [3.8, 4) is 0 Å². The summed E-state index contributed by atoms with van der Waals surface area (Å²) in [5, 5.41) is 0.479. The summed E-state index contributed by atoms with van der Waals surface area (Å²) >= 11 is 1.52. The number of sulfone groups is 2. The van der Waals surface area contributed by atoms with Gasteiger partial charge in [0, 0.05) is 17.8 Å². The Kier molecular flexibility index (Phi) is 4.89. The molecule has 1 aliphatic carbocycles. The van der Waals surface area contributed by atoms with E-state index in [1.165, 1.54) is 43.0 Å². The first-order valence-corrected chi connectivity index (χ1v) is 11.3. The van der Waals surface area contributed by atoms with E-state index in [1.54, 1.807) is 0 Å². The maximum atomic E-state index is 11.9. The molecule has 118 valence electrons. The van der Waals surface area contributed by atoms with Crippen LogP contribution in [0.1, 0.15) is 25.7 Å². The molecular weight excluding hydrogens is 330 g/mol. The largest absolute Gasteiger partial charge is 0.328 e. The fraction of sp³-hybridized carbons (Fsp3) is 0.538. The van der Waals surface area contributed by atoms with Crippen molar-refractivity contribution in [2.24, 2.45) is 0 Å². The van der Waals surface area contributed by atoms with E-state index in [4.69, 9.17) is 0 Å². The minimum Gasteiger partial charge on any atom is -0.328 e. The van der Waals surface area contributed by atoms with Crippen molar-refractivity contribution in [3.63, 3.8) is 0 Å². The van der Waals surface area contributed by atoms with Gasteiger partial charge in [-0.15, -0.1) is 0 Å². The van der Waals surface area contributed by atoms with E-state index in [-0.39, 0.29) is 9.79 Å². The van der Waals surface area contributed by atoms with Gasteiger partial charge in [-0.1, -0.05) is 12.8 Å². The van der Waals surface area contributed by atoms with Crippen molar-refractivity contribution in [1.82, 2.24) is 0 Å². The molecule has 0 atom stereocenters. The molecule has 1 saturated carbocycles. The molecule has 0 radical (unpaired) electrons. The molecule has 0 aromatic heterocycles. The van der Waals surface area contributed by atoms with Gasteiger partial charge in [0.15, 0.2) is 19.7 Å². The van der Waals surface area contributed by atoms with Gasteiger partial charge in [0.1, 0.15) is 0 Å². The van der Waals surface area contributed by atoms with Crippen molar-refractivity contribution in [2.45, 2.75) is 40.7 Å². The first-order chi connectivity index (χ1) is 9.68. The molecule has 5 nitrogen and oxygen atoms in total. The second-order valence-corrected chi connectivity index (χ2v) is 10.4. The third-order valence-corrected chi connectivity index (χ3v) is 6.81. The standard InChI is InChI=1S/C13H19NO4S3/c1-20(15,16)11-7-8-12(13(9-11)21(2,17)18)14-19-10-5-3-4-6-10/h7-10,14H,3-6H2,1-2H3. The highest BCUT2D eigenvalue weighted by Crippen LogP contribution is 2.33. The zero-order valence-electron chi connectivity index (χ0n) is 12.0. The first-order valence-electron chi connectivity index (χ1n) is 6.64. The van der Waals surface area contributed by atoms with Gasteiger partial charge in [0.2, 0.25) is 0 Å². The fourth-order valence-corrected chi connectivity index (χ4v) is 4.96. The molecule has 21 heavy (non-hydrogen) atoms. The Balaban J connectivity index is 2.31. The molecule has 1 aromatic rings. The van der Waals surface area contributed by atoms with Crippen molar-refractivity contribution in [3.05, 3.63) is 18.2 Å². The van der Waals surface area contributed by atoms with Gasteiger partial charge in [-0.25, -0.2) is 16.8 Å². The van der Waals surface area contributed by atoms with Gasteiger partial charge >= 0.3 is 0 Å². The summed E-state index contributed by atoms with van der Waals surface area (Å²) in [5.74, 6) is 0. The van der Waals surface area contributed by atoms with Crippen LogP contribution in [-0.2, 0) is 19.7 Å². The van der Waals surface area contributed by atoms with Gasteiger partial charge in [-0.3, -0.25) is 0 Å². The minimum atomic E-state index is -3.50. The molecule has 1 N–H and O–H groups in total. The molecule has 1 aromatic carbocycles. The Labute approximate surface area is 130 Å². The smallest absolute Gasteiger partial charge is 0.177 e. The molecular formula is C13H19NO4S3. The summed E-state index contributed by atoms with van der Waals surface area (Å²) in [6.45, 7) is 0. The Hall–Kier alpha value is -0.730. The molecule has 0 heterocycles. The van der Waals surface area contributed by atoms with Gasteiger partial charge in [0.05, 0.1) is 15.5 Å². The highest BCUT2D eigenvalue weighted by molar-refractivity contribution is 8.01. The third kappa shape index (κ3) is 4.37. The summed E-state index contributed by atoms with van der Waals surface area (Å²) in [5.41, 5.74) is 0.446. The maximum Gasteiger partial charge on any atom is 0.177 e. The fourth-order valence-electron chi connectivity index (χ4n) is 2.28. The zero-order valence-corrected chi connectivity index (χ0v) is 14.4. The number of benzene rings is 1. The average molecular weight is 349 g/mol. The lowest BCUT2D eigenvalue weighted by molar-refractivity contribution is 0.600. The molecule has 0 spiro atoms. The lowest BCUT2D eigenvalue weighted by Crippen LogP contribution is -2.07. The lowest BCUT2D eigenvalue weighted by Gasteiger charge is -2.14. The van der Waals surface area contributed by atoms with Crippen LogP contribution >= 0.6 is 11.9 Å². The predicted octanol–water partition coefficient (Wildman–Crippen LogP) is 2.50. The lowest BCUT2D eigenvalue weighted by atomic mass is 10.3. The van der Waals surface area contributed by atoms with Gasteiger partial charge in [0.25, 0.3) is 0 Å². The van der Waals surface area contributed by atoms with E-state index in [0.29, 0.717) is 10.9 Å². The highest BCUT2D eigenvalue weighted by Gasteiger charge is 2.20. The van der Waals surface area contributed by atoms with E-state index < -0.39 is 19.7 Å². The number of hydrogen-bond donors (Lipinski definition) is 1. The second kappa shape index (κ2) is 6.18. The monoisotopic (exact) mass is 349 g/mol. The summed E-state index contributed by atoms with van der Waals surface area (Å²) in [7, 11) is -6.93. The molecule has 8 heteroatoms. The van der Waals surface area contributed by atoms with Crippen LogP contribution in [0.5, 0.6) is 0 Å². The summed E-state index contributed by atoms with van der Waals surface area (Å²) in [6.07, 6.45) is 6.78. The molecule has 2 rings (SSSR count). The summed E-state index contributed by atoms with van der Waals surface area (Å²) < 4.78 is 50.0. The average Bonchev–Trinajstić information content (AvgIpc) is 2.87. The van der Waals surface area contributed by atoms with Crippen LogP contribution in [-0.4, -0.2) is 34.6 Å². The van der Waals surface area contributed by atoms with Gasteiger partial charge in [-0.05, 0) is 43.0 Å². The first kappa shape index (κ1) is 16.6. The van der Waals surface area contributed by atoms with Crippen LogP contribution in [0.4, 0.5) is 5.69 Å². The van der Waals surface area contributed by atoms with Crippen molar-refractivity contribution >= 4 is 37.3 Å². The van der Waals surface area contributed by atoms with E-state index in [2.05, 4.69) is 4.72 Å². The Morgan fingerprint density at radius 2 is 1.67 bits per heavy atom. The van der Waals surface area contributed by atoms with E-state index >= 15 is 0 Å². The van der Waals surface area contributed by atoms with Crippen LogP contribution in [0.25, 0.3) is 0 Å². The van der Waals surface area contributed by atoms with Crippen molar-refractivity contribution in [2.75, 3.05) is 17.2 Å². The topological polar surface area (TPSA) is 80.3 Å². The van der Waals surface area contributed by atoms with Gasteiger partial charge in [-0.2, -0.15) is 0 Å². The van der Waals surface area contributed by atoms with Crippen molar-refractivity contribution in [1.29, 1.82) is 0 Å². The van der Waals surface area contributed by atoms with Crippen LogP contribution in [0.3, 0.4) is 0 Å². The molecule has 0 amide bonds. The Morgan fingerprint density at radius 3 is 2.19 bits per heavy atom. The summed E-state index contributed by atoms with van der Waals surface area (Å²) in [6, 6.07) is 4.18.